The number of Topliss-reactive ketones (excluding diaryl/α,β-unsaturated/α-hetero) is 1. The van der Waals surface area contributed by atoms with E-state index in [4.69, 9.17) is 28.4 Å². The van der Waals surface area contributed by atoms with E-state index in [0.29, 0.717) is 32.3 Å². The molecule has 226 valence electrons. The molecule has 0 aromatic rings. The molecule has 4 fully saturated rings. The van der Waals surface area contributed by atoms with Crippen LogP contribution in [0.25, 0.3) is 0 Å². The minimum atomic E-state index is -1.45. The summed E-state index contributed by atoms with van der Waals surface area (Å²) in [5.41, 5.74) is 0. The molecule has 39 heavy (non-hydrogen) atoms. The molecule has 5 N–H and O–H groups in total. The number of fused-ring (bicyclic) bond motifs is 1. The fourth-order valence-electron chi connectivity index (χ4n) is 6.14. The first-order valence-corrected chi connectivity index (χ1v) is 14.4. The van der Waals surface area contributed by atoms with Crippen LogP contribution in [0.5, 0.6) is 0 Å². The largest absolute Gasteiger partial charge is 0.394 e. The number of carbonyl (C=O) groups is 1. The van der Waals surface area contributed by atoms with Crippen molar-refractivity contribution in [3.63, 3.8) is 0 Å². The van der Waals surface area contributed by atoms with E-state index in [1.165, 1.54) is 0 Å². The van der Waals surface area contributed by atoms with Gasteiger partial charge in [0.2, 0.25) is 0 Å². The topological polar surface area (TPSA) is 174 Å². The molecular formula is C27H46O12. The molecule has 0 aromatic carbocycles. The molecular weight excluding hydrogens is 516 g/mol. The Morgan fingerprint density at radius 2 is 1.62 bits per heavy atom. The van der Waals surface area contributed by atoms with Crippen LogP contribution < -0.4 is 0 Å². The molecule has 4 aliphatic rings. The van der Waals surface area contributed by atoms with Crippen molar-refractivity contribution < 1.29 is 58.7 Å². The monoisotopic (exact) mass is 562 g/mol. The minimum absolute atomic E-state index is 0.0542. The lowest BCUT2D eigenvalue weighted by atomic mass is 9.82. The van der Waals surface area contributed by atoms with Gasteiger partial charge in [-0.2, -0.15) is 0 Å². The van der Waals surface area contributed by atoms with Crippen LogP contribution in [-0.2, 0) is 33.2 Å². The second-order valence-corrected chi connectivity index (χ2v) is 11.2. The van der Waals surface area contributed by atoms with Crippen LogP contribution in [0.3, 0.4) is 0 Å². The maximum atomic E-state index is 12.5. The Bertz CT molecular complexity index is 784. The van der Waals surface area contributed by atoms with Crippen LogP contribution in [0.4, 0.5) is 0 Å². The molecule has 1 aliphatic carbocycles. The van der Waals surface area contributed by atoms with E-state index >= 15 is 0 Å². The SMILES string of the molecule is CCC(=O)[C@H]1CCCOC2C(O1)[C@@H](O)C(CO)O[C@H]2O[C@@H]1CCCC(CC)C1O[C@@H]1OC(C)[C@@H](O)C(O)[C@@H]1O. The van der Waals surface area contributed by atoms with Gasteiger partial charge >= 0.3 is 0 Å². The summed E-state index contributed by atoms with van der Waals surface area (Å²) < 4.78 is 36.7. The molecule has 12 nitrogen and oxygen atoms in total. The number of carbonyl (C=O) groups excluding carboxylic acids is 1. The van der Waals surface area contributed by atoms with E-state index in [-0.39, 0.29) is 11.7 Å². The third-order valence-corrected chi connectivity index (χ3v) is 8.58. The maximum Gasteiger partial charge on any atom is 0.187 e. The molecule has 3 aliphatic heterocycles. The van der Waals surface area contributed by atoms with Crippen LogP contribution in [0.2, 0.25) is 0 Å². The fraction of sp³-hybridized carbons (Fsp3) is 0.963. The summed E-state index contributed by atoms with van der Waals surface area (Å²) in [4.78, 5) is 12.5. The minimum Gasteiger partial charge on any atom is -0.394 e. The third-order valence-electron chi connectivity index (χ3n) is 8.58. The molecule has 1 saturated carbocycles. The quantitative estimate of drug-likeness (QED) is 0.264. The molecule has 3 heterocycles. The Kier molecular flexibility index (Phi) is 11.1. The maximum absolute atomic E-state index is 12.5. The number of rotatable bonds is 8. The second-order valence-electron chi connectivity index (χ2n) is 11.2. The molecule has 3 saturated heterocycles. The zero-order valence-electron chi connectivity index (χ0n) is 23.0. The molecule has 0 spiro atoms. The van der Waals surface area contributed by atoms with Gasteiger partial charge in [0.1, 0.15) is 48.8 Å². The van der Waals surface area contributed by atoms with E-state index in [1.54, 1.807) is 13.8 Å². The van der Waals surface area contributed by atoms with Gasteiger partial charge in [0.25, 0.3) is 0 Å². The van der Waals surface area contributed by atoms with Crippen molar-refractivity contribution in [1.82, 2.24) is 0 Å². The lowest BCUT2D eigenvalue weighted by Crippen LogP contribution is -2.64. The Morgan fingerprint density at radius 3 is 2.31 bits per heavy atom. The molecule has 4 rings (SSSR count). The zero-order chi connectivity index (χ0) is 28.3. The molecule has 0 bridgehead atoms. The Hall–Kier alpha value is -0.770. The van der Waals surface area contributed by atoms with Crippen LogP contribution in [0, 0.1) is 5.92 Å². The third kappa shape index (κ3) is 6.83. The highest BCUT2D eigenvalue weighted by molar-refractivity contribution is 5.82. The molecule has 0 amide bonds. The van der Waals surface area contributed by atoms with Crippen LogP contribution in [0.15, 0.2) is 0 Å². The van der Waals surface area contributed by atoms with E-state index in [1.807, 2.05) is 6.92 Å². The highest BCUT2D eigenvalue weighted by Crippen LogP contribution is 2.38. The first kappa shape index (κ1) is 31.2. The predicted molar refractivity (Wildman–Crippen MR) is 134 cm³/mol. The van der Waals surface area contributed by atoms with Gasteiger partial charge in [0.15, 0.2) is 18.4 Å². The molecule has 0 aromatic heterocycles. The first-order chi connectivity index (χ1) is 18.7. The van der Waals surface area contributed by atoms with E-state index < -0.39 is 86.3 Å². The smallest absolute Gasteiger partial charge is 0.187 e. The van der Waals surface area contributed by atoms with Gasteiger partial charge in [-0.05, 0) is 38.5 Å². The summed E-state index contributed by atoms with van der Waals surface area (Å²) in [6.07, 6.45) is -8.41. The summed E-state index contributed by atoms with van der Waals surface area (Å²) in [7, 11) is 0. The van der Waals surface area contributed by atoms with Crippen LogP contribution >= 0.6 is 0 Å². The highest BCUT2D eigenvalue weighted by Gasteiger charge is 2.52. The van der Waals surface area contributed by atoms with Crippen LogP contribution in [-0.4, -0.2) is 124 Å². The van der Waals surface area contributed by atoms with Gasteiger partial charge < -0.3 is 54.0 Å². The predicted octanol–water partition coefficient (Wildman–Crippen LogP) is -0.216. The van der Waals surface area contributed by atoms with Crippen molar-refractivity contribution in [3.8, 4) is 0 Å². The number of hydrogen-bond donors (Lipinski definition) is 5. The number of hydrogen-bond acceptors (Lipinski definition) is 12. The molecule has 12 heteroatoms. The lowest BCUT2D eigenvalue weighted by molar-refractivity contribution is -0.354. The highest BCUT2D eigenvalue weighted by atomic mass is 16.7. The van der Waals surface area contributed by atoms with E-state index in [9.17, 15) is 30.3 Å². The summed E-state index contributed by atoms with van der Waals surface area (Å²) in [6.45, 7) is 5.23. The molecule has 7 unspecified atom stereocenters. The average molecular weight is 563 g/mol. The van der Waals surface area contributed by atoms with Crippen molar-refractivity contribution in [2.24, 2.45) is 5.92 Å². The zero-order valence-corrected chi connectivity index (χ0v) is 23.0. The van der Waals surface area contributed by atoms with Gasteiger partial charge in [-0.25, -0.2) is 0 Å². The first-order valence-electron chi connectivity index (χ1n) is 14.4. The Labute approximate surface area is 229 Å². The van der Waals surface area contributed by atoms with Gasteiger partial charge in [0, 0.05) is 13.0 Å². The number of aliphatic hydroxyl groups is 5. The molecule has 0 radical (unpaired) electrons. The van der Waals surface area contributed by atoms with Crippen LogP contribution in [0.1, 0.15) is 65.7 Å². The second kappa shape index (κ2) is 13.9. The van der Waals surface area contributed by atoms with Crippen molar-refractivity contribution in [2.45, 2.75) is 145 Å². The number of ether oxygens (including phenoxy) is 6. The number of ketones is 1. The average Bonchev–Trinajstić information content (AvgIpc) is 2.92. The van der Waals surface area contributed by atoms with E-state index in [0.717, 1.165) is 19.3 Å². The van der Waals surface area contributed by atoms with Crippen molar-refractivity contribution in [3.05, 3.63) is 0 Å². The van der Waals surface area contributed by atoms with E-state index in [2.05, 4.69) is 0 Å². The summed E-state index contributed by atoms with van der Waals surface area (Å²) in [5.74, 6) is -0.00927. The Morgan fingerprint density at radius 1 is 0.846 bits per heavy atom. The molecule has 14 atom stereocenters. The fourth-order valence-corrected chi connectivity index (χ4v) is 6.14. The standard InChI is InChI=1S/C27H46O12/c1-4-14-8-6-9-17(23(14)39-26-22(33)21(32)19(30)13(3)35-26)37-27-25-24(20(31)18(12-28)38-27)36-16(15(29)5-2)10-7-11-34-25/h13-14,16-28,30-33H,4-12H2,1-3H3/t13?,14?,16-,17-,18?,19-,20+,21?,22+,23?,24?,25?,26+,27-/m1/s1. The van der Waals surface area contributed by atoms with Crippen molar-refractivity contribution in [2.75, 3.05) is 13.2 Å². The van der Waals surface area contributed by atoms with Gasteiger partial charge in [-0.15, -0.1) is 0 Å². The van der Waals surface area contributed by atoms with Gasteiger partial charge in [-0.1, -0.05) is 26.7 Å². The Balaban J connectivity index is 1.54. The number of aliphatic hydroxyl groups excluding tert-OH is 5. The summed E-state index contributed by atoms with van der Waals surface area (Å²) in [6, 6.07) is 0. The summed E-state index contributed by atoms with van der Waals surface area (Å²) in [5, 5.41) is 51.9. The normalized spacial score (nSPS) is 47.6. The van der Waals surface area contributed by atoms with Crippen molar-refractivity contribution >= 4 is 5.78 Å². The summed E-state index contributed by atoms with van der Waals surface area (Å²) >= 11 is 0. The lowest BCUT2D eigenvalue weighted by Gasteiger charge is -2.48. The van der Waals surface area contributed by atoms with Gasteiger partial charge in [0.05, 0.1) is 24.9 Å². The van der Waals surface area contributed by atoms with Gasteiger partial charge in [-0.3, -0.25) is 4.79 Å². The van der Waals surface area contributed by atoms with Crippen molar-refractivity contribution in [1.29, 1.82) is 0 Å².